The second-order valence-corrected chi connectivity index (χ2v) is 7.20. The van der Waals surface area contributed by atoms with Crippen LogP contribution in [-0.4, -0.2) is 42.8 Å². The van der Waals surface area contributed by atoms with Gasteiger partial charge in [0.25, 0.3) is 0 Å². The SMILES string of the molecule is CN=C(NCc1cc(C(C)C)no1)N1CCOC(c2cccc(C(F)(F)F)c2)C1.I. The molecular weight excluding hydrogens is 512 g/mol. The van der Waals surface area contributed by atoms with Gasteiger partial charge in [0, 0.05) is 19.7 Å². The fourth-order valence-corrected chi connectivity index (χ4v) is 3.14. The topological polar surface area (TPSA) is 62.9 Å². The number of hydrogen-bond donors (Lipinski definition) is 1. The van der Waals surface area contributed by atoms with Crippen LogP contribution in [0.25, 0.3) is 0 Å². The highest BCUT2D eigenvalue weighted by Gasteiger charge is 2.32. The normalized spacial score (nSPS) is 17.8. The molecule has 1 aliphatic heterocycles. The number of benzene rings is 1. The van der Waals surface area contributed by atoms with E-state index in [2.05, 4.69) is 15.5 Å². The van der Waals surface area contributed by atoms with Crippen molar-refractivity contribution in [1.82, 2.24) is 15.4 Å². The molecule has 10 heteroatoms. The standard InChI is InChI=1S/C20H25F3N4O2.HI/c1-13(2)17-10-16(29-26-17)11-25-19(24-3)27-7-8-28-18(12-27)14-5-4-6-15(9-14)20(21,22)23;/h4-6,9-10,13,18H,7-8,11-12H2,1-3H3,(H,24,25);1H. The predicted octanol–water partition coefficient (Wildman–Crippen LogP) is 4.58. The summed E-state index contributed by atoms with van der Waals surface area (Å²) in [5.41, 5.74) is 0.703. The second kappa shape index (κ2) is 10.5. The molecule has 2 aromatic rings. The van der Waals surface area contributed by atoms with E-state index in [1.165, 1.54) is 6.07 Å². The highest BCUT2D eigenvalue weighted by atomic mass is 127. The van der Waals surface area contributed by atoms with Gasteiger partial charge in [-0.3, -0.25) is 4.99 Å². The molecule has 1 N–H and O–H groups in total. The van der Waals surface area contributed by atoms with Gasteiger partial charge in [0.15, 0.2) is 11.7 Å². The molecular formula is C20H26F3IN4O2. The zero-order valence-corrected chi connectivity index (χ0v) is 19.4. The average molecular weight is 538 g/mol. The second-order valence-electron chi connectivity index (χ2n) is 7.20. The van der Waals surface area contributed by atoms with Gasteiger partial charge in [0.05, 0.1) is 31.0 Å². The monoisotopic (exact) mass is 538 g/mol. The number of aromatic nitrogens is 1. The third-order valence-electron chi connectivity index (χ3n) is 4.75. The van der Waals surface area contributed by atoms with Crippen LogP contribution in [0.3, 0.4) is 0 Å². The summed E-state index contributed by atoms with van der Waals surface area (Å²) in [6, 6.07) is 7.17. The molecule has 6 nitrogen and oxygen atoms in total. The van der Waals surface area contributed by atoms with Crippen molar-refractivity contribution in [1.29, 1.82) is 0 Å². The summed E-state index contributed by atoms with van der Waals surface area (Å²) >= 11 is 0. The zero-order valence-electron chi connectivity index (χ0n) is 17.1. The Morgan fingerprint density at radius 3 is 2.73 bits per heavy atom. The Morgan fingerprint density at radius 1 is 1.33 bits per heavy atom. The minimum atomic E-state index is -4.38. The van der Waals surface area contributed by atoms with Crippen molar-refractivity contribution >= 4 is 29.9 Å². The third-order valence-corrected chi connectivity index (χ3v) is 4.75. The Hall–Kier alpha value is -1.82. The van der Waals surface area contributed by atoms with Crippen molar-refractivity contribution in [2.24, 2.45) is 4.99 Å². The first-order valence-electron chi connectivity index (χ1n) is 9.47. The van der Waals surface area contributed by atoms with Gasteiger partial charge < -0.3 is 19.5 Å². The number of guanidine groups is 1. The molecule has 1 saturated heterocycles. The molecule has 0 saturated carbocycles. The van der Waals surface area contributed by atoms with Gasteiger partial charge in [-0.2, -0.15) is 13.2 Å². The van der Waals surface area contributed by atoms with Crippen LogP contribution >= 0.6 is 24.0 Å². The fraction of sp³-hybridized carbons (Fsp3) is 0.500. The van der Waals surface area contributed by atoms with Crippen LogP contribution in [0, 0.1) is 0 Å². The van der Waals surface area contributed by atoms with Crippen LogP contribution in [0.2, 0.25) is 0 Å². The lowest BCUT2D eigenvalue weighted by Gasteiger charge is -2.35. The van der Waals surface area contributed by atoms with Crippen LogP contribution in [0.1, 0.15) is 48.5 Å². The molecule has 1 atom stereocenters. The van der Waals surface area contributed by atoms with Gasteiger partial charge in [-0.1, -0.05) is 31.1 Å². The fourth-order valence-electron chi connectivity index (χ4n) is 3.14. The zero-order chi connectivity index (χ0) is 21.0. The molecule has 0 aliphatic carbocycles. The molecule has 166 valence electrons. The van der Waals surface area contributed by atoms with Crippen LogP contribution in [-0.2, 0) is 17.5 Å². The maximum absolute atomic E-state index is 13.0. The molecule has 2 heterocycles. The molecule has 1 fully saturated rings. The van der Waals surface area contributed by atoms with Gasteiger partial charge in [0.1, 0.15) is 6.10 Å². The number of ether oxygens (including phenoxy) is 1. The van der Waals surface area contributed by atoms with E-state index in [1.807, 2.05) is 24.8 Å². The van der Waals surface area contributed by atoms with Gasteiger partial charge >= 0.3 is 6.18 Å². The van der Waals surface area contributed by atoms with Crippen molar-refractivity contribution in [2.75, 3.05) is 26.7 Å². The van der Waals surface area contributed by atoms with Crippen molar-refractivity contribution in [3.63, 3.8) is 0 Å². The van der Waals surface area contributed by atoms with Gasteiger partial charge in [0.2, 0.25) is 0 Å². The maximum Gasteiger partial charge on any atom is 0.416 e. The van der Waals surface area contributed by atoms with Gasteiger partial charge in [-0.15, -0.1) is 24.0 Å². The number of nitrogens with zero attached hydrogens (tertiary/aromatic N) is 3. The minimum Gasteiger partial charge on any atom is -0.370 e. The smallest absolute Gasteiger partial charge is 0.370 e. The summed E-state index contributed by atoms with van der Waals surface area (Å²) in [4.78, 5) is 6.25. The van der Waals surface area contributed by atoms with E-state index < -0.39 is 17.8 Å². The molecule has 0 bridgehead atoms. The molecule has 1 aromatic carbocycles. The highest BCUT2D eigenvalue weighted by molar-refractivity contribution is 14.0. The van der Waals surface area contributed by atoms with Crippen LogP contribution in [0.5, 0.6) is 0 Å². The number of alkyl halides is 3. The van der Waals surface area contributed by atoms with Crippen molar-refractivity contribution in [3.05, 3.63) is 52.9 Å². The van der Waals surface area contributed by atoms with Crippen molar-refractivity contribution in [2.45, 2.75) is 38.6 Å². The molecule has 0 spiro atoms. The molecule has 0 radical (unpaired) electrons. The van der Waals surface area contributed by atoms with E-state index in [1.54, 1.807) is 13.1 Å². The molecule has 0 amide bonds. The van der Waals surface area contributed by atoms with E-state index in [-0.39, 0.29) is 29.9 Å². The summed E-state index contributed by atoms with van der Waals surface area (Å²) in [6.45, 7) is 5.86. The largest absolute Gasteiger partial charge is 0.416 e. The number of halogens is 4. The summed E-state index contributed by atoms with van der Waals surface area (Å²) in [6.07, 6.45) is -4.85. The minimum absolute atomic E-state index is 0. The van der Waals surface area contributed by atoms with E-state index in [0.717, 1.165) is 17.8 Å². The van der Waals surface area contributed by atoms with Crippen molar-refractivity contribution in [3.8, 4) is 0 Å². The Morgan fingerprint density at radius 2 is 2.10 bits per heavy atom. The lowest BCUT2D eigenvalue weighted by molar-refractivity contribution is -0.137. The van der Waals surface area contributed by atoms with Gasteiger partial charge in [-0.25, -0.2) is 0 Å². The molecule has 1 unspecified atom stereocenters. The molecule has 1 aromatic heterocycles. The Labute approximate surface area is 190 Å². The van der Waals surface area contributed by atoms with E-state index in [4.69, 9.17) is 9.26 Å². The first-order valence-corrected chi connectivity index (χ1v) is 9.47. The summed E-state index contributed by atoms with van der Waals surface area (Å²) < 4.78 is 50.1. The van der Waals surface area contributed by atoms with Crippen molar-refractivity contribution < 1.29 is 22.4 Å². The lowest BCUT2D eigenvalue weighted by atomic mass is 10.0. The van der Waals surface area contributed by atoms with E-state index in [0.29, 0.717) is 43.5 Å². The first kappa shape index (κ1) is 24.4. The number of aliphatic imine (C=N–C) groups is 1. The van der Waals surface area contributed by atoms with Crippen LogP contribution < -0.4 is 5.32 Å². The number of morpholine rings is 1. The Bertz CT molecular complexity index is 855. The number of hydrogen-bond acceptors (Lipinski definition) is 4. The highest BCUT2D eigenvalue weighted by Crippen LogP contribution is 2.32. The molecule has 1 aliphatic rings. The number of rotatable bonds is 4. The third kappa shape index (κ3) is 6.10. The lowest BCUT2D eigenvalue weighted by Crippen LogP contribution is -2.47. The van der Waals surface area contributed by atoms with E-state index in [9.17, 15) is 13.2 Å². The predicted molar refractivity (Wildman–Crippen MR) is 118 cm³/mol. The Kier molecular flexibility index (Phi) is 8.53. The average Bonchev–Trinajstić information content (AvgIpc) is 3.18. The van der Waals surface area contributed by atoms with E-state index >= 15 is 0 Å². The molecule has 30 heavy (non-hydrogen) atoms. The first-order chi connectivity index (χ1) is 13.8. The summed E-state index contributed by atoms with van der Waals surface area (Å²) in [5, 5.41) is 7.25. The van der Waals surface area contributed by atoms with Crippen LogP contribution in [0.4, 0.5) is 13.2 Å². The summed E-state index contributed by atoms with van der Waals surface area (Å²) in [7, 11) is 1.66. The maximum atomic E-state index is 13.0. The van der Waals surface area contributed by atoms with Crippen LogP contribution in [0.15, 0.2) is 39.8 Å². The summed E-state index contributed by atoms with van der Waals surface area (Å²) in [5.74, 6) is 1.60. The molecule has 3 rings (SSSR count). The quantitative estimate of drug-likeness (QED) is 0.351. The Balaban J connectivity index is 0.00000320. The van der Waals surface area contributed by atoms with Gasteiger partial charge in [-0.05, 0) is 23.6 Å². The number of nitrogens with one attached hydrogen (secondary N) is 1.